The normalized spacial score (nSPS) is 25.8. The van der Waals surface area contributed by atoms with Gasteiger partial charge in [-0.05, 0) is 39.7 Å². The Balaban J connectivity index is 2.30. The summed E-state index contributed by atoms with van der Waals surface area (Å²) >= 11 is 0. The number of ether oxygens (including phenoxy) is 1. The monoisotopic (exact) mass is 214 g/mol. The van der Waals surface area contributed by atoms with Crippen molar-refractivity contribution in [3.8, 4) is 0 Å². The van der Waals surface area contributed by atoms with E-state index in [1.165, 1.54) is 12.8 Å². The molecule has 0 aromatic carbocycles. The third kappa shape index (κ3) is 3.44. The minimum atomic E-state index is 0.151. The molecule has 1 heterocycles. The Morgan fingerprint density at radius 1 is 1.53 bits per heavy atom. The summed E-state index contributed by atoms with van der Waals surface area (Å²) in [6.07, 6.45) is 5.21. The maximum absolute atomic E-state index is 5.83. The largest absolute Gasteiger partial charge is 0.378 e. The predicted molar refractivity (Wildman–Crippen MR) is 64.0 cm³/mol. The molecule has 0 bridgehead atoms. The Morgan fingerprint density at radius 2 is 2.27 bits per heavy atom. The van der Waals surface area contributed by atoms with Gasteiger partial charge in [0.2, 0.25) is 0 Å². The maximum Gasteiger partial charge on any atom is 0.0588 e. The fourth-order valence-electron chi connectivity index (χ4n) is 2.05. The summed E-state index contributed by atoms with van der Waals surface area (Å²) < 4.78 is 5.63. The fourth-order valence-corrected chi connectivity index (χ4v) is 2.05. The first kappa shape index (κ1) is 12.9. The van der Waals surface area contributed by atoms with Crippen molar-refractivity contribution in [3.05, 3.63) is 0 Å². The maximum atomic E-state index is 5.83. The minimum Gasteiger partial charge on any atom is -0.378 e. The van der Waals surface area contributed by atoms with Crippen molar-refractivity contribution in [1.82, 2.24) is 4.90 Å². The van der Waals surface area contributed by atoms with E-state index >= 15 is 0 Å². The topological polar surface area (TPSA) is 38.5 Å². The van der Waals surface area contributed by atoms with Gasteiger partial charge in [-0.1, -0.05) is 6.92 Å². The Morgan fingerprint density at radius 3 is 2.73 bits per heavy atom. The van der Waals surface area contributed by atoms with E-state index in [1.54, 1.807) is 0 Å². The van der Waals surface area contributed by atoms with E-state index in [1.807, 2.05) is 0 Å². The van der Waals surface area contributed by atoms with Crippen LogP contribution in [0.3, 0.4) is 0 Å². The van der Waals surface area contributed by atoms with Crippen LogP contribution in [0.5, 0.6) is 0 Å². The first-order chi connectivity index (χ1) is 7.12. The van der Waals surface area contributed by atoms with Gasteiger partial charge in [-0.3, -0.25) is 4.90 Å². The summed E-state index contributed by atoms with van der Waals surface area (Å²) in [5.74, 6) is 0. The first-order valence-corrected chi connectivity index (χ1v) is 6.15. The average molecular weight is 214 g/mol. The zero-order valence-electron chi connectivity index (χ0n) is 10.5. The molecule has 3 heteroatoms. The second-order valence-corrected chi connectivity index (χ2v) is 4.90. The van der Waals surface area contributed by atoms with Crippen molar-refractivity contribution < 1.29 is 4.74 Å². The highest BCUT2D eigenvalue weighted by molar-refractivity contribution is 4.84. The van der Waals surface area contributed by atoms with Gasteiger partial charge in [0.15, 0.2) is 0 Å². The van der Waals surface area contributed by atoms with Gasteiger partial charge < -0.3 is 10.5 Å². The van der Waals surface area contributed by atoms with Gasteiger partial charge in [0.1, 0.15) is 0 Å². The summed E-state index contributed by atoms with van der Waals surface area (Å²) in [6.45, 7) is 7.21. The van der Waals surface area contributed by atoms with Crippen LogP contribution in [-0.4, -0.2) is 43.3 Å². The zero-order chi connectivity index (χ0) is 11.3. The lowest BCUT2D eigenvalue weighted by Crippen LogP contribution is -2.49. The summed E-state index contributed by atoms with van der Waals surface area (Å²) in [5, 5.41) is 0. The standard InChI is InChI=1S/C12H26N2O/c1-4-12(2,10-13)14(3)8-7-11-6-5-9-15-11/h11H,4-10,13H2,1-3H3. The van der Waals surface area contributed by atoms with E-state index in [-0.39, 0.29) is 5.54 Å². The molecule has 1 aliphatic rings. The van der Waals surface area contributed by atoms with Crippen LogP contribution in [0, 0.1) is 0 Å². The molecule has 1 aliphatic heterocycles. The molecule has 2 N–H and O–H groups in total. The van der Waals surface area contributed by atoms with Crippen molar-refractivity contribution in [2.45, 2.75) is 51.2 Å². The molecule has 1 rings (SSSR count). The van der Waals surface area contributed by atoms with Crippen LogP contribution in [0.25, 0.3) is 0 Å². The summed E-state index contributed by atoms with van der Waals surface area (Å²) in [4.78, 5) is 2.38. The average Bonchev–Trinajstić information content (AvgIpc) is 2.77. The fraction of sp³-hybridized carbons (Fsp3) is 1.00. The molecule has 1 saturated heterocycles. The van der Waals surface area contributed by atoms with E-state index < -0.39 is 0 Å². The van der Waals surface area contributed by atoms with Crippen molar-refractivity contribution in [2.75, 3.05) is 26.7 Å². The second kappa shape index (κ2) is 5.83. The molecular formula is C12H26N2O. The number of hydrogen-bond donors (Lipinski definition) is 1. The smallest absolute Gasteiger partial charge is 0.0588 e. The molecule has 0 aromatic rings. The van der Waals surface area contributed by atoms with Crippen LogP contribution < -0.4 is 5.73 Å². The highest BCUT2D eigenvalue weighted by Gasteiger charge is 2.26. The zero-order valence-corrected chi connectivity index (χ0v) is 10.5. The van der Waals surface area contributed by atoms with Gasteiger partial charge in [-0.2, -0.15) is 0 Å². The second-order valence-electron chi connectivity index (χ2n) is 4.90. The van der Waals surface area contributed by atoms with Gasteiger partial charge >= 0.3 is 0 Å². The van der Waals surface area contributed by atoms with E-state index in [2.05, 4.69) is 25.8 Å². The van der Waals surface area contributed by atoms with E-state index in [9.17, 15) is 0 Å². The Labute approximate surface area is 94.0 Å². The SMILES string of the molecule is CCC(C)(CN)N(C)CCC1CCCO1. The third-order valence-corrected chi connectivity index (χ3v) is 3.93. The summed E-state index contributed by atoms with van der Waals surface area (Å²) in [7, 11) is 2.17. The quantitative estimate of drug-likeness (QED) is 0.730. The highest BCUT2D eigenvalue weighted by atomic mass is 16.5. The van der Waals surface area contributed by atoms with Gasteiger partial charge in [-0.15, -0.1) is 0 Å². The molecule has 0 saturated carbocycles. The Bertz CT molecular complexity index is 174. The molecule has 15 heavy (non-hydrogen) atoms. The molecule has 2 atom stereocenters. The predicted octanol–water partition coefficient (Wildman–Crippen LogP) is 1.61. The molecule has 3 nitrogen and oxygen atoms in total. The molecule has 0 radical (unpaired) electrons. The molecule has 90 valence electrons. The van der Waals surface area contributed by atoms with E-state index in [0.717, 1.165) is 32.5 Å². The first-order valence-electron chi connectivity index (χ1n) is 6.15. The summed E-state index contributed by atoms with van der Waals surface area (Å²) in [6, 6.07) is 0. The van der Waals surface area contributed by atoms with Crippen LogP contribution in [0.4, 0.5) is 0 Å². The lowest BCUT2D eigenvalue weighted by Gasteiger charge is -2.37. The molecule has 0 aromatic heterocycles. The van der Waals surface area contributed by atoms with Crippen molar-refractivity contribution in [3.63, 3.8) is 0 Å². The lowest BCUT2D eigenvalue weighted by molar-refractivity contribution is 0.0733. The van der Waals surface area contributed by atoms with Gasteiger partial charge in [0.25, 0.3) is 0 Å². The lowest BCUT2D eigenvalue weighted by atomic mass is 9.96. The van der Waals surface area contributed by atoms with Gasteiger partial charge in [0.05, 0.1) is 6.10 Å². The molecule has 0 amide bonds. The van der Waals surface area contributed by atoms with Crippen LogP contribution in [0.1, 0.15) is 39.5 Å². The van der Waals surface area contributed by atoms with Crippen LogP contribution in [-0.2, 0) is 4.74 Å². The number of likely N-dealkylation sites (N-methyl/N-ethyl adjacent to an activating group) is 1. The Kier molecular flexibility index (Phi) is 5.03. The number of nitrogens with zero attached hydrogens (tertiary/aromatic N) is 1. The number of hydrogen-bond acceptors (Lipinski definition) is 3. The molecule has 0 aliphatic carbocycles. The molecule has 2 unspecified atom stereocenters. The van der Waals surface area contributed by atoms with Crippen LogP contribution in [0.15, 0.2) is 0 Å². The van der Waals surface area contributed by atoms with Crippen LogP contribution >= 0.6 is 0 Å². The molecule has 1 fully saturated rings. The van der Waals surface area contributed by atoms with Crippen LogP contribution in [0.2, 0.25) is 0 Å². The van der Waals surface area contributed by atoms with Crippen molar-refractivity contribution in [2.24, 2.45) is 5.73 Å². The summed E-state index contributed by atoms with van der Waals surface area (Å²) in [5.41, 5.74) is 5.98. The molecular weight excluding hydrogens is 188 g/mol. The van der Waals surface area contributed by atoms with Crippen molar-refractivity contribution in [1.29, 1.82) is 0 Å². The minimum absolute atomic E-state index is 0.151. The van der Waals surface area contributed by atoms with Crippen molar-refractivity contribution >= 4 is 0 Å². The highest BCUT2D eigenvalue weighted by Crippen LogP contribution is 2.20. The number of nitrogens with two attached hydrogens (primary N) is 1. The van der Waals surface area contributed by atoms with Gasteiger partial charge in [0, 0.05) is 25.2 Å². The van der Waals surface area contributed by atoms with E-state index in [0.29, 0.717) is 6.10 Å². The Hall–Kier alpha value is -0.120. The van der Waals surface area contributed by atoms with E-state index in [4.69, 9.17) is 10.5 Å². The third-order valence-electron chi connectivity index (χ3n) is 3.93. The number of rotatable bonds is 6. The van der Waals surface area contributed by atoms with Gasteiger partial charge in [-0.25, -0.2) is 0 Å². The molecule has 0 spiro atoms.